The van der Waals surface area contributed by atoms with E-state index in [4.69, 9.17) is 0 Å². The van der Waals surface area contributed by atoms with Crippen molar-refractivity contribution in [3.63, 3.8) is 0 Å². The van der Waals surface area contributed by atoms with Crippen LogP contribution in [-0.4, -0.2) is 11.1 Å². The van der Waals surface area contributed by atoms with E-state index in [1.807, 2.05) is 0 Å². The molecule has 0 rings (SSSR count). The van der Waals surface area contributed by atoms with Crippen LogP contribution in [0.2, 0.25) is 0 Å². The molecule has 0 aliphatic heterocycles. The Morgan fingerprint density at radius 3 is 1.40 bits per heavy atom. The Labute approximate surface area is 158 Å². The minimum absolute atomic E-state index is 0.109. The smallest absolute Gasteiger partial charge is 0.306 e. The van der Waals surface area contributed by atoms with E-state index in [2.05, 4.69) is 34.6 Å². The Morgan fingerprint density at radius 1 is 0.720 bits per heavy atom. The Bertz CT molecular complexity index is 315. The third-order valence-electron chi connectivity index (χ3n) is 5.04. The molecule has 0 spiro atoms. The van der Waals surface area contributed by atoms with Crippen LogP contribution >= 0.6 is 0 Å². The first-order chi connectivity index (χ1) is 11.7. The molecule has 25 heavy (non-hydrogen) atoms. The highest BCUT2D eigenvalue weighted by Crippen LogP contribution is 2.28. The van der Waals surface area contributed by atoms with Gasteiger partial charge in [0.15, 0.2) is 0 Å². The fourth-order valence-electron chi connectivity index (χ4n) is 3.59. The molecule has 0 aromatic heterocycles. The standard InChI is InChI=1S/C23H46O2/c1-20(2)17-15-13-11-9-7-6-8-10-12-14-16-18-21(22(24)25)19-23(3,4)5/h20-21H,6-19H2,1-5H3,(H,24,25). The molecule has 0 radical (unpaired) electrons. The highest BCUT2D eigenvalue weighted by atomic mass is 16.4. The highest BCUT2D eigenvalue weighted by molar-refractivity contribution is 5.69. The topological polar surface area (TPSA) is 37.3 Å². The van der Waals surface area contributed by atoms with Gasteiger partial charge in [-0.05, 0) is 24.2 Å². The van der Waals surface area contributed by atoms with Crippen LogP contribution in [0.25, 0.3) is 0 Å². The van der Waals surface area contributed by atoms with E-state index < -0.39 is 5.97 Å². The highest BCUT2D eigenvalue weighted by Gasteiger charge is 2.23. The zero-order valence-electron chi connectivity index (χ0n) is 17.9. The van der Waals surface area contributed by atoms with Crippen molar-refractivity contribution in [2.75, 3.05) is 0 Å². The molecule has 0 aromatic rings. The van der Waals surface area contributed by atoms with Crippen molar-refractivity contribution in [2.24, 2.45) is 17.3 Å². The lowest BCUT2D eigenvalue weighted by Gasteiger charge is -2.23. The molecule has 0 aliphatic rings. The van der Waals surface area contributed by atoms with Gasteiger partial charge in [-0.15, -0.1) is 0 Å². The summed E-state index contributed by atoms with van der Waals surface area (Å²) in [6.07, 6.45) is 17.7. The summed E-state index contributed by atoms with van der Waals surface area (Å²) in [5.41, 5.74) is 0.109. The van der Waals surface area contributed by atoms with Gasteiger partial charge in [0, 0.05) is 0 Å². The lowest BCUT2D eigenvalue weighted by atomic mass is 9.82. The first-order valence-electron chi connectivity index (χ1n) is 10.9. The van der Waals surface area contributed by atoms with Gasteiger partial charge in [-0.3, -0.25) is 4.79 Å². The van der Waals surface area contributed by atoms with E-state index in [9.17, 15) is 9.90 Å². The SMILES string of the molecule is CC(C)CCCCCCCCCCCCCC(CC(C)(C)C)C(=O)O. The summed E-state index contributed by atoms with van der Waals surface area (Å²) in [5, 5.41) is 9.34. The van der Waals surface area contributed by atoms with Crippen molar-refractivity contribution in [3.8, 4) is 0 Å². The summed E-state index contributed by atoms with van der Waals surface area (Å²) >= 11 is 0. The van der Waals surface area contributed by atoms with Crippen LogP contribution in [0.3, 0.4) is 0 Å². The van der Waals surface area contributed by atoms with Gasteiger partial charge in [0.1, 0.15) is 0 Å². The first-order valence-corrected chi connectivity index (χ1v) is 10.9. The molecule has 0 saturated heterocycles. The zero-order chi connectivity index (χ0) is 19.1. The third-order valence-corrected chi connectivity index (χ3v) is 5.04. The summed E-state index contributed by atoms with van der Waals surface area (Å²) in [5.74, 6) is 0.0956. The zero-order valence-corrected chi connectivity index (χ0v) is 17.9. The molecule has 150 valence electrons. The summed E-state index contributed by atoms with van der Waals surface area (Å²) in [7, 11) is 0. The van der Waals surface area contributed by atoms with E-state index in [0.29, 0.717) is 0 Å². The second kappa shape index (κ2) is 14.6. The van der Waals surface area contributed by atoms with Gasteiger partial charge in [-0.25, -0.2) is 0 Å². The van der Waals surface area contributed by atoms with Crippen LogP contribution in [-0.2, 0) is 4.79 Å². The summed E-state index contributed by atoms with van der Waals surface area (Å²) in [6.45, 7) is 11.0. The number of rotatable bonds is 16. The number of carbonyl (C=O) groups is 1. The molecule has 0 fully saturated rings. The minimum atomic E-state index is -0.608. The van der Waals surface area contributed by atoms with Crippen molar-refractivity contribution >= 4 is 5.97 Å². The predicted octanol–water partition coefficient (Wildman–Crippen LogP) is 7.85. The van der Waals surface area contributed by atoms with Crippen molar-refractivity contribution in [1.82, 2.24) is 0 Å². The molecule has 2 heteroatoms. The van der Waals surface area contributed by atoms with Gasteiger partial charge >= 0.3 is 5.97 Å². The van der Waals surface area contributed by atoms with E-state index in [1.165, 1.54) is 70.6 Å². The van der Waals surface area contributed by atoms with Crippen molar-refractivity contribution in [3.05, 3.63) is 0 Å². The largest absolute Gasteiger partial charge is 0.481 e. The maximum Gasteiger partial charge on any atom is 0.306 e. The van der Waals surface area contributed by atoms with Gasteiger partial charge in [-0.1, -0.05) is 112 Å². The maximum absolute atomic E-state index is 11.3. The summed E-state index contributed by atoms with van der Waals surface area (Å²) in [4.78, 5) is 11.3. The lowest BCUT2D eigenvalue weighted by molar-refractivity contribution is -0.143. The Hall–Kier alpha value is -0.530. The normalized spacial score (nSPS) is 13.4. The van der Waals surface area contributed by atoms with Crippen molar-refractivity contribution in [2.45, 2.75) is 125 Å². The number of aliphatic carboxylic acids is 1. The monoisotopic (exact) mass is 354 g/mol. The van der Waals surface area contributed by atoms with Crippen molar-refractivity contribution < 1.29 is 9.90 Å². The van der Waals surface area contributed by atoms with Crippen LogP contribution in [0, 0.1) is 17.3 Å². The van der Waals surface area contributed by atoms with Gasteiger partial charge in [0.2, 0.25) is 0 Å². The fourth-order valence-corrected chi connectivity index (χ4v) is 3.59. The number of unbranched alkanes of at least 4 members (excludes halogenated alkanes) is 10. The quantitative estimate of drug-likeness (QED) is 0.286. The molecule has 0 aliphatic carbocycles. The number of carboxylic acid groups (broad SMARTS) is 1. The summed E-state index contributed by atoms with van der Waals surface area (Å²) < 4.78 is 0. The van der Waals surface area contributed by atoms with E-state index in [-0.39, 0.29) is 11.3 Å². The van der Waals surface area contributed by atoms with E-state index >= 15 is 0 Å². The van der Waals surface area contributed by atoms with Gasteiger partial charge in [0.25, 0.3) is 0 Å². The van der Waals surface area contributed by atoms with Gasteiger partial charge in [-0.2, -0.15) is 0 Å². The Balaban J connectivity index is 3.41. The van der Waals surface area contributed by atoms with Crippen LogP contribution in [0.15, 0.2) is 0 Å². The van der Waals surface area contributed by atoms with Crippen LogP contribution in [0.4, 0.5) is 0 Å². The predicted molar refractivity (Wildman–Crippen MR) is 110 cm³/mol. The molecule has 1 N–H and O–H groups in total. The van der Waals surface area contributed by atoms with Crippen molar-refractivity contribution in [1.29, 1.82) is 0 Å². The number of hydrogen-bond donors (Lipinski definition) is 1. The Morgan fingerprint density at radius 2 is 1.08 bits per heavy atom. The molecular formula is C23H46O2. The average molecular weight is 355 g/mol. The maximum atomic E-state index is 11.3. The molecule has 1 unspecified atom stereocenters. The molecule has 0 heterocycles. The van der Waals surface area contributed by atoms with Crippen LogP contribution < -0.4 is 0 Å². The second-order valence-electron chi connectivity index (χ2n) is 9.66. The van der Waals surface area contributed by atoms with Crippen LogP contribution in [0.5, 0.6) is 0 Å². The van der Waals surface area contributed by atoms with Crippen LogP contribution in [0.1, 0.15) is 125 Å². The fraction of sp³-hybridized carbons (Fsp3) is 0.957. The Kier molecular flexibility index (Phi) is 14.3. The molecular weight excluding hydrogens is 308 g/mol. The number of hydrogen-bond acceptors (Lipinski definition) is 1. The lowest BCUT2D eigenvalue weighted by Crippen LogP contribution is -2.20. The van der Waals surface area contributed by atoms with Gasteiger partial charge in [0.05, 0.1) is 5.92 Å². The third kappa shape index (κ3) is 18.1. The summed E-state index contributed by atoms with van der Waals surface area (Å²) in [6, 6.07) is 0. The second-order valence-corrected chi connectivity index (χ2v) is 9.66. The molecule has 2 nitrogen and oxygen atoms in total. The van der Waals surface area contributed by atoms with E-state index in [1.54, 1.807) is 0 Å². The minimum Gasteiger partial charge on any atom is -0.481 e. The molecule has 1 atom stereocenters. The van der Waals surface area contributed by atoms with E-state index in [0.717, 1.165) is 25.2 Å². The molecule has 0 aromatic carbocycles. The molecule has 0 saturated carbocycles. The number of carboxylic acids is 1. The molecule has 0 amide bonds. The average Bonchev–Trinajstić information content (AvgIpc) is 2.49. The first kappa shape index (κ1) is 24.5. The van der Waals surface area contributed by atoms with Gasteiger partial charge < -0.3 is 5.11 Å². The molecule has 0 bridgehead atoms.